The zero-order chi connectivity index (χ0) is 14.2. The first-order chi connectivity index (χ1) is 8.95. The number of ketones is 1. The number of esters is 1. The number of ether oxygens (including phenoxy) is 1. The molecule has 0 radical (unpaired) electrons. The summed E-state index contributed by atoms with van der Waals surface area (Å²) < 4.78 is 4.92. The van der Waals surface area contributed by atoms with Crippen LogP contribution in [0.5, 0.6) is 0 Å². The van der Waals surface area contributed by atoms with Gasteiger partial charge in [0.05, 0.1) is 17.2 Å². The maximum absolute atomic E-state index is 11.9. The van der Waals surface area contributed by atoms with Gasteiger partial charge in [-0.1, -0.05) is 23.2 Å². The second-order valence-corrected chi connectivity index (χ2v) is 4.81. The lowest BCUT2D eigenvalue weighted by atomic mass is 10.1. The number of fused-ring (bicyclic) bond motifs is 1. The second kappa shape index (κ2) is 5.23. The number of benzene rings is 1. The summed E-state index contributed by atoms with van der Waals surface area (Å²) in [7, 11) is 0. The molecule has 0 fully saturated rings. The van der Waals surface area contributed by atoms with Crippen LogP contribution in [-0.4, -0.2) is 23.3 Å². The monoisotopic (exact) mass is 299 g/mol. The number of aromatic nitrogens is 1. The summed E-state index contributed by atoms with van der Waals surface area (Å²) in [5.74, 6) is -0.852. The predicted molar refractivity (Wildman–Crippen MR) is 74.3 cm³/mol. The largest absolute Gasteiger partial charge is 0.461 e. The number of H-pyrrole nitrogens is 1. The van der Waals surface area contributed by atoms with Crippen molar-refractivity contribution in [3.05, 3.63) is 33.4 Å². The van der Waals surface area contributed by atoms with Gasteiger partial charge in [-0.05, 0) is 26.0 Å². The first kappa shape index (κ1) is 13.9. The minimum absolute atomic E-state index is 0.105. The van der Waals surface area contributed by atoms with E-state index < -0.39 is 5.97 Å². The number of aromatic amines is 1. The molecule has 0 aliphatic rings. The fraction of sp³-hybridized carbons (Fsp3) is 0.231. The van der Waals surface area contributed by atoms with Gasteiger partial charge in [-0.3, -0.25) is 4.79 Å². The molecule has 1 N–H and O–H groups in total. The van der Waals surface area contributed by atoms with Crippen molar-refractivity contribution < 1.29 is 14.3 Å². The average Bonchev–Trinajstić information content (AvgIpc) is 2.68. The first-order valence-corrected chi connectivity index (χ1v) is 6.40. The second-order valence-electron chi connectivity index (χ2n) is 3.96. The van der Waals surface area contributed by atoms with Crippen LogP contribution in [0.3, 0.4) is 0 Å². The molecule has 2 aromatic rings. The van der Waals surface area contributed by atoms with Crippen molar-refractivity contribution in [2.24, 2.45) is 0 Å². The molecule has 1 heterocycles. The Bertz CT molecular complexity index is 676. The molecule has 0 unspecified atom stereocenters. The Labute approximate surface area is 119 Å². The van der Waals surface area contributed by atoms with Crippen LogP contribution in [-0.2, 0) is 4.74 Å². The van der Waals surface area contributed by atoms with E-state index in [0.29, 0.717) is 20.9 Å². The van der Waals surface area contributed by atoms with Crippen LogP contribution in [0.25, 0.3) is 10.9 Å². The Balaban J connectivity index is 2.78. The molecule has 1 aromatic carbocycles. The Morgan fingerprint density at radius 2 is 2.00 bits per heavy atom. The van der Waals surface area contributed by atoms with Gasteiger partial charge in [0.2, 0.25) is 0 Å². The zero-order valence-corrected chi connectivity index (χ0v) is 11.9. The van der Waals surface area contributed by atoms with Gasteiger partial charge in [-0.2, -0.15) is 0 Å². The maximum atomic E-state index is 11.9. The molecule has 4 nitrogen and oxygen atoms in total. The highest BCUT2D eigenvalue weighted by atomic mass is 35.5. The van der Waals surface area contributed by atoms with Crippen molar-refractivity contribution in [1.29, 1.82) is 0 Å². The van der Waals surface area contributed by atoms with Crippen LogP contribution in [0.4, 0.5) is 0 Å². The molecule has 0 bridgehead atoms. The summed E-state index contributed by atoms with van der Waals surface area (Å²) in [5.41, 5.74) is 0.870. The molecule has 0 spiro atoms. The zero-order valence-electron chi connectivity index (χ0n) is 10.3. The standard InChI is InChI=1S/C13H11Cl2NO3/c1-3-19-13(18)12-10(6(2)17)11-8(15)4-7(14)5-9(11)16-12/h4-5,16H,3H2,1-2H3. The highest BCUT2D eigenvalue weighted by molar-refractivity contribution is 6.40. The lowest BCUT2D eigenvalue weighted by Crippen LogP contribution is -2.09. The van der Waals surface area contributed by atoms with E-state index >= 15 is 0 Å². The van der Waals surface area contributed by atoms with Crippen molar-refractivity contribution in [2.75, 3.05) is 6.61 Å². The Kier molecular flexibility index (Phi) is 3.83. The SMILES string of the molecule is CCOC(=O)c1[nH]c2cc(Cl)cc(Cl)c2c1C(C)=O. The molecule has 6 heteroatoms. The van der Waals surface area contributed by atoms with E-state index in [4.69, 9.17) is 27.9 Å². The van der Waals surface area contributed by atoms with Crippen molar-refractivity contribution in [1.82, 2.24) is 4.98 Å². The van der Waals surface area contributed by atoms with Crippen molar-refractivity contribution >= 4 is 45.9 Å². The van der Waals surface area contributed by atoms with Gasteiger partial charge in [0.15, 0.2) is 5.78 Å². The first-order valence-electron chi connectivity index (χ1n) is 5.64. The minimum atomic E-state index is -0.587. The van der Waals surface area contributed by atoms with Crippen LogP contribution in [0.2, 0.25) is 10.0 Å². The predicted octanol–water partition coefficient (Wildman–Crippen LogP) is 3.85. The highest BCUT2D eigenvalue weighted by Gasteiger charge is 2.23. The third-order valence-electron chi connectivity index (χ3n) is 2.65. The van der Waals surface area contributed by atoms with Gasteiger partial charge < -0.3 is 9.72 Å². The van der Waals surface area contributed by atoms with E-state index in [-0.39, 0.29) is 23.6 Å². The van der Waals surface area contributed by atoms with E-state index in [1.165, 1.54) is 13.0 Å². The topological polar surface area (TPSA) is 59.2 Å². The molecule has 0 aliphatic heterocycles. The number of hydrogen-bond acceptors (Lipinski definition) is 3. The van der Waals surface area contributed by atoms with Gasteiger partial charge in [0.1, 0.15) is 5.69 Å². The molecule has 0 saturated heterocycles. The summed E-state index contributed by atoms with van der Waals surface area (Å²) in [5, 5.41) is 1.23. The third-order valence-corrected chi connectivity index (χ3v) is 3.16. The number of rotatable bonds is 3. The summed E-state index contributed by atoms with van der Waals surface area (Å²) in [4.78, 5) is 26.5. The highest BCUT2D eigenvalue weighted by Crippen LogP contribution is 2.33. The molecular weight excluding hydrogens is 289 g/mol. The maximum Gasteiger partial charge on any atom is 0.355 e. The molecule has 1 aromatic heterocycles. The fourth-order valence-electron chi connectivity index (χ4n) is 1.96. The van der Waals surface area contributed by atoms with Crippen LogP contribution < -0.4 is 0 Å². The van der Waals surface area contributed by atoms with Crippen LogP contribution in [0.15, 0.2) is 12.1 Å². The van der Waals surface area contributed by atoms with Gasteiger partial charge in [0.25, 0.3) is 0 Å². The number of Topliss-reactive ketones (excluding diaryl/α,β-unsaturated/α-hetero) is 1. The average molecular weight is 300 g/mol. The minimum Gasteiger partial charge on any atom is -0.461 e. The smallest absolute Gasteiger partial charge is 0.355 e. The van der Waals surface area contributed by atoms with E-state index in [1.54, 1.807) is 13.0 Å². The molecule has 2 rings (SSSR count). The normalized spacial score (nSPS) is 10.7. The summed E-state index contributed by atoms with van der Waals surface area (Å²) in [6.45, 7) is 3.29. The molecule has 0 amide bonds. The number of hydrogen-bond donors (Lipinski definition) is 1. The summed E-state index contributed by atoms with van der Waals surface area (Å²) >= 11 is 12.0. The summed E-state index contributed by atoms with van der Waals surface area (Å²) in [6.07, 6.45) is 0. The Hall–Kier alpha value is -1.52. The number of carbonyl (C=O) groups excluding carboxylic acids is 2. The fourth-order valence-corrected chi connectivity index (χ4v) is 2.54. The van der Waals surface area contributed by atoms with Crippen LogP contribution >= 0.6 is 23.2 Å². The molecule has 19 heavy (non-hydrogen) atoms. The van der Waals surface area contributed by atoms with Crippen molar-refractivity contribution in [3.8, 4) is 0 Å². The van der Waals surface area contributed by atoms with Gasteiger partial charge in [0, 0.05) is 15.9 Å². The molecule has 0 atom stereocenters. The van der Waals surface area contributed by atoms with Crippen LogP contribution in [0.1, 0.15) is 34.7 Å². The molecule has 0 saturated carbocycles. The third kappa shape index (κ3) is 2.46. The summed E-state index contributed by atoms with van der Waals surface area (Å²) in [6, 6.07) is 3.14. The molecular formula is C13H11Cl2NO3. The van der Waals surface area contributed by atoms with E-state index in [1.807, 2.05) is 0 Å². The number of halogens is 2. The van der Waals surface area contributed by atoms with Crippen molar-refractivity contribution in [2.45, 2.75) is 13.8 Å². The lowest BCUT2D eigenvalue weighted by molar-refractivity contribution is 0.0517. The lowest BCUT2D eigenvalue weighted by Gasteiger charge is -2.01. The number of carbonyl (C=O) groups is 2. The van der Waals surface area contributed by atoms with Crippen LogP contribution in [0, 0.1) is 0 Å². The van der Waals surface area contributed by atoms with Gasteiger partial charge in [-0.15, -0.1) is 0 Å². The molecule has 100 valence electrons. The Morgan fingerprint density at radius 3 is 2.58 bits per heavy atom. The van der Waals surface area contributed by atoms with E-state index in [0.717, 1.165) is 0 Å². The van der Waals surface area contributed by atoms with E-state index in [2.05, 4.69) is 4.98 Å². The number of nitrogens with one attached hydrogen (secondary N) is 1. The Morgan fingerprint density at radius 1 is 1.32 bits per heavy atom. The van der Waals surface area contributed by atoms with Crippen molar-refractivity contribution in [3.63, 3.8) is 0 Å². The molecule has 0 aliphatic carbocycles. The van der Waals surface area contributed by atoms with Gasteiger partial charge >= 0.3 is 5.97 Å². The van der Waals surface area contributed by atoms with Gasteiger partial charge in [-0.25, -0.2) is 4.79 Å². The quantitative estimate of drug-likeness (QED) is 0.691. The van der Waals surface area contributed by atoms with E-state index in [9.17, 15) is 9.59 Å².